The first kappa shape index (κ1) is 19.2. The largest absolute Gasteiger partial charge is 0.505 e. The van der Waals surface area contributed by atoms with Crippen molar-refractivity contribution in [3.8, 4) is 11.1 Å². The van der Waals surface area contributed by atoms with E-state index in [1.807, 2.05) is 47.2 Å². The first-order valence-corrected chi connectivity index (χ1v) is 9.88. The summed E-state index contributed by atoms with van der Waals surface area (Å²) in [4.78, 5) is 37.6. The van der Waals surface area contributed by atoms with Crippen LogP contribution in [0, 0.1) is 5.92 Å². The second-order valence-corrected chi connectivity index (χ2v) is 7.97. The number of aliphatic hydroxyl groups is 1. The van der Waals surface area contributed by atoms with Crippen LogP contribution in [-0.2, 0) is 19.9 Å². The third-order valence-electron chi connectivity index (χ3n) is 6.17. The van der Waals surface area contributed by atoms with E-state index in [-0.39, 0.29) is 17.8 Å². The predicted molar refractivity (Wildman–Crippen MR) is 107 cm³/mol. The van der Waals surface area contributed by atoms with E-state index in [1.165, 1.54) is 6.92 Å². The maximum absolute atomic E-state index is 13.5. The van der Waals surface area contributed by atoms with E-state index in [0.717, 1.165) is 24.0 Å². The fraction of sp³-hybridized carbons (Fsp3) is 0.348. The lowest BCUT2D eigenvalue weighted by atomic mass is 9.80. The summed E-state index contributed by atoms with van der Waals surface area (Å²) in [6, 6.07) is 11.4. The highest BCUT2D eigenvalue weighted by atomic mass is 16.4. The monoisotopic (exact) mass is 393 g/mol. The van der Waals surface area contributed by atoms with Gasteiger partial charge in [0.15, 0.2) is 17.3 Å². The molecule has 2 aliphatic rings. The van der Waals surface area contributed by atoms with Gasteiger partial charge in [0.2, 0.25) is 0 Å². The minimum atomic E-state index is -1.11. The van der Waals surface area contributed by atoms with Crippen molar-refractivity contribution >= 4 is 23.3 Å². The first-order valence-electron chi connectivity index (χ1n) is 9.88. The number of ketones is 2. The van der Waals surface area contributed by atoms with Gasteiger partial charge in [-0.3, -0.25) is 14.4 Å². The number of hydrogen-bond donors (Lipinski definition) is 2. The molecular weight excluding hydrogens is 370 g/mol. The van der Waals surface area contributed by atoms with Crippen molar-refractivity contribution in [3.05, 3.63) is 53.9 Å². The maximum atomic E-state index is 13.5. The Bertz CT molecular complexity index is 1020. The highest BCUT2D eigenvalue weighted by Crippen LogP contribution is 2.47. The van der Waals surface area contributed by atoms with Crippen LogP contribution < -0.4 is 0 Å². The van der Waals surface area contributed by atoms with Crippen molar-refractivity contribution in [2.45, 2.75) is 44.6 Å². The highest BCUT2D eigenvalue weighted by Gasteiger charge is 2.51. The third kappa shape index (κ3) is 2.90. The van der Waals surface area contributed by atoms with Crippen LogP contribution >= 0.6 is 0 Å². The average molecular weight is 393 g/mol. The molecule has 1 atom stereocenters. The van der Waals surface area contributed by atoms with Gasteiger partial charge in [0.1, 0.15) is 11.1 Å². The molecule has 0 bridgehead atoms. The number of carboxylic acids is 1. The van der Waals surface area contributed by atoms with Crippen molar-refractivity contribution in [1.82, 2.24) is 4.57 Å². The van der Waals surface area contributed by atoms with Crippen LogP contribution in [0.5, 0.6) is 0 Å². The topological polar surface area (TPSA) is 96.6 Å². The molecule has 0 radical (unpaired) electrons. The summed E-state index contributed by atoms with van der Waals surface area (Å²) in [6.45, 7) is 1.43. The first-order chi connectivity index (χ1) is 13.9. The van der Waals surface area contributed by atoms with Gasteiger partial charge in [0.25, 0.3) is 0 Å². The Morgan fingerprint density at radius 2 is 1.79 bits per heavy atom. The van der Waals surface area contributed by atoms with Crippen LogP contribution in [-0.4, -0.2) is 32.3 Å². The number of carboxylic acid groups (broad SMARTS) is 1. The van der Waals surface area contributed by atoms with Crippen LogP contribution in [0.25, 0.3) is 16.9 Å². The number of aliphatic carboxylic acids is 1. The molecule has 1 aromatic carbocycles. The Balaban J connectivity index is 1.90. The lowest BCUT2D eigenvalue weighted by molar-refractivity contribution is -0.143. The summed E-state index contributed by atoms with van der Waals surface area (Å²) in [5.41, 5.74) is 0.957. The summed E-state index contributed by atoms with van der Waals surface area (Å²) < 4.78 is 1.83. The Morgan fingerprint density at radius 1 is 1.14 bits per heavy atom. The summed E-state index contributed by atoms with van der Waals surface area (Å²) in [7, 11) is 0. The van der Waals surface area contributed by atoms with E-state index in [2.05, 4.69) is 0 Å². The van der Waals surface area contributed by atoms with Crippen LogP contribution in [0.1, 0.15) is 44.7 Å². The van der Waals surface area contributed by atoms with Gasteiger partial charge in [-0.15, -0.1) is 0 Å². The maximum Gasteiger partial charge on any atom is 0.306 e. The zero-order valence-electron chi connectivity index (χ0n) is 16.2. The van der Waals surface area contributed by atoms with Crippen molar-refractivity contribution < 1.29 is 24.6 Å². The van der Waals surface area contributed by atoms with Crippen LogP contribution in [0.15, 0.2) is 48.2 Å². The molecule has 2 aromatic rings. The molecule has 0 amide bonds. The van der Waals surface area contributed by atoms with Gasteiger partial charge < -0.3 is 14.8 Å². The van der Waals surface area contributed by atoms with Crippen LogP contribution in [0.4, 0.5) is 0 Å². The number of Topliss-reactive ketones (excluding diaryl/α,β-unsaturated/α-hetero) is 2. The number of carbonyl (C=O) groups is 3. The molecule has 1 saturated carbocycles. The van der Waals surface area contributed by atoms with Crippen LogP contribution in [0.3, 0.4) is 0 Å². The number of nitrogens with zero attached hydrogens (tertiary/aromatic N) is 1. The van der Waals surface area contributed by atoms with Crippen molar-refractivity contribution in [3.63, 3.8) is 0 Å². The number of hydrogen-bond acceptors (Lipinski definition) is 4. The smallest absolute Gasteiger partial charge is 0.306 e. The van der Waals surface area contributed by atoms with E-state index in [4.69, 9.17) is 5.11 Å². The van der Waals surface area contributed by atoms with E-state index in [0.29, 0.717) is 18.5 Å². The second-order valence-electron chi connectivity index (χ2n) is 7.97. The predicted octanol–water partition coefficient (Wildman–Crippen LogP) is 3.96. The quantitative estimate of drug-likeness (QED) is 0.750. The van der Waals surface area contributed by atoms with E-state index < -0.39 is 29.0 Å². The van der Waals surface area contributed by atoms with Gasteiger partial charge in [-0.1, -0.05) is 50.1 Å². The molecule has 0 unspecified atom stereocenters. The Morgan fingerprint density at radius 3 is 2.41 bits per heavy atom. The molecule has 150 valence electrons. The van der Waals surface area contributed by atoms with Crippen molar-refractivity contribution in [1.29, 1.82) is 0 Å². The van der Waals surface area contributed by atoms with E-state index in [1.54, 1.807) is 0 Å². The van der Waals surface area contributed by atoms with Gasteiger partial charge in [-0.2, -0.15) is 0 Å². The molecule has 29 heavy (non-hydrogen) atoms. The normalized spacial score (nSPS) is 18.7. The molecule has 1 fully saturated rings. The van der Waals surface area contributed by atoms with Gasteiger partial charge in [0.05, 0.1) is 11.6 Å². The second kappa shape index (κ2) is 7.03. The SMILES string of the molecule is C[C@H](CC(=O)C1=C(O)c2c(-c3ccccc3)ccn2C2(CCCC2)C1=O)C(=O)O. The number of aromatic nitrogens is 1. The summed E-state index contributed by atoms with van der Waals surface area (Å²) in [5, 5.41) is 20.2. The highest BCUT2D eigenvalue weighted by molar-refractivity contribution is 6.28. The molecule has 2 heterocycles. The number of rotatable bonds is 5. The van der Waals surface area contributed by atoms with Crippen molar-refractivity contribution in [2.75, 3.05) is 0 Å². The Kier molecular flexibility index (Phi) is 4.65. The fourth-order valence-electron chi connectivity index (χ4n) is 4.60. The summed E-state index contributed by atoms with van der Waals surface area (Å²) >= 11 is 0. The van der Waals surface area contributed by atoms with Gasteiger partial charge >= 0.3 is 5.97 Å². The Hall–Kier alpha value is -3.15. The zero-order chi connectivity index (χ0) is 20.8. The molecule has 1 aliphatic heterocycles. The number of allylic oxidation sites excluding steroid dienone is 1. The van der Waals surface area contributed by atoms with Gasteiger partial charge in [-0.25, -0.2) is 0 Å². The van der Waals surface area contributed by atoms with E-state index >= 15 is 0 Å². The standard InChI is InChI=1S/C23H23NO5/c1-14(22(28)29)13-17(25)18-20(26)19-16(15-7-3-2-4-8-15)9-12-24(19)23(21(18)27)10-5-6-11-23/h2-4,7-9,12,14,26H,5-6,10-11,13H2,1H3,(H,28,29)/t14-/m1/s1. The molecule has 4 rings (SSSR count). The lowest BCUT2D eigenvalue weighted by Crippen LogP contribution is -2.45. The summed E-state index contributed by atoms with van der Waals surface area (Å²) in [6.07, 6.45) is 4.41. The lowest BCUT2D eigenvalue weighted by Gasteiger charge is -2.36. The molecular formula is C23H23NO5. The number of benzene rings is 1. The molecule has 1 spiro atoms. The van der Waals surface area contributed by atoms with Gasteiger partial charge in [-0.05, 0) is 24.5 Å². The molecule has 1 aromatic heterocycles. The molecule has 1 aliphatic carbocycles. The molecule has 0 saturated heterocycles. The van der Waals surface area contributed by atoms with Crippen molar-refractivity contribution in [2.24, 2.45) is 5.92 Å². The minimum Gasteiger partial charge on any atom is -0.505 e. The zero-order valence-corrected chi connectivity index (χ0v) is 16.2. The van der Waals surface area contributed by atoms with Crippen LogP contribution in [0.2, 0.25) is 0 Å². The number of fused-ring (bicyclic) bond motifs is 2. The Labute approximate surface area is 168 Å². The van der Waals surface area contributed by atoms with Gasteiger partial charge in [0, 0.05) is 18.2 Å². The van der Waals surface area contributed by atoms with E-state index in [9.17, 15) is 19.5 Å². The summed E-state index contributed by atoms with van der Waals surface area (Å²) in [5.74, 6) is -3.39. The minimum absolute atomic E-state index is 0.247. The average Bonchev–Trinajstić information content (AvgIpc) is 3.35. The fourth-order valence-corrected chi connectivity index (χ4v) is 4.60. The molecule has 6 heteroatoms. The molecule has 2 N–H and O–H groups in total. The number of carbonyl (C=O) groups excluding carboxylic acids is 2. The number of aliphatic hydroxyl groups excluding tert-OH is 1. The third-order valence-corrected chi connectivity index (χ3v) is 6.17. The molecule has 6 nitrogen and oxygen atoms in total.